The molecular formula is C15H25N3O3S. The number of anilines is 1. The zero-order valence-corrected chi connectivity index (χ0v) is 14.5. The molecule has 0 radical (unpaired) electrons. The van der Waals surface area contributed by atoms with Crippen LogP contribution in [-0.2, 0) is 10.0 Å². The molecule has 1 aromatic carbocycles. The van der Waals surface area contributed by atoms with Crippen molar-refractivity contribution in [1.82, 2.24) is 9.80 Å². The number of carbonyl (C=O) groups excluding carboxylic acids is 1. The lowest BCUT2D eigenvalue weighted by Crippen LogP contribution is -2.36. The maximum Gasteiger partial charge on any atom is 0.253 e. The lowest BCUT2D eigenvalue weighted by atomic mass is 10.2. The largest absolute Gasteiger partial charge is 0.340 e. The van der Waals surface area contributed by atoms with Gasteiger partial charge in [-0.25, -0.2) is 8.42 Å². The molecule has 0 aromatic heterocycles. The van der Waals surface area contributed by atoms with E-state index in [4.69, 9.17) is 0 Å². The lowest BCUT2D eigenvalue weighted by molar-refractivity contribution is 0.0780. The van der Waals surface area contributed by atoms with Crippen molar-refractivity contribution in [3.63, 3.8) is 0 Å². The zero-order chi connectivity index (χ0) is 16.8. The highest BCUT2D eigenvalue weighted by Gasteiger charge is 2.12. The summed E-state index contributed by atoms with van der Waals surface area (Å²) in [6, 6.07) is 6.44. The Balaban J connectivity index is 2.65. The van der Waals surface area contributed by atoms with Crippen molar-refractivity contribution in [1.29, 1.82) is 0 Å². The van der Waals surface area contributed by atoms with E-state index < -0.39 is 10.0 Å². The summed E-state index contributed by atoms with van der Waals surface area (Å²) in [7, 11) is -1.53. The minimum Gasteiger partial charge on any atom is -0.340 e. The van der Waals surface area contributed by atoms with Crippen LogP contribution < -0.4 is 4.72 Å². The predicted octanol–water partition coefficient (Wildman–Crippen LogP) is 1.47. The van der Waals surface area contributed by atoms with Crippen LogP contribution >= 0.6 is 0 Å². The SMILES string of the molecule is CCN(CC)CCN(C)C(=O)c1ccc(NS(C)(=O)=O)cc1. The van der Waals surface area contributed by atoms with Gasteiger partial charge in [0.05, 0.1) is 6.26 Å². The van der Waals surface area contributed by atoms with E-state index >= 15 is 0 Å². The molecule has 0 spiro atoms. The quantitative estimate of drug-likeness (QED) is 0.785. The second-order valence-corrected chi connectivity index (χ2v) is 6.95. The molecule has 124 valence electrons. The van der Waals surface area contributed by atoms with Crippen LogP contribution in [0.25, 0.3) is 0 Å². The van der Waals surface area contributed by atoms with Gasteiger partial charge in [0.15, 0.2) is 0 Å². The van der Waals surface area contributed by atoms with E-state index in [0.29, 0.717) is 17.8 Å². The van der Waals surface area contributed by atoms with Crippen LogP contribution in [0.15, 0.2) is 24.3 Å². The molecule has 0 atom stereocenters. The van der Waals surface area contributed by atoms with Gasteiger partial charge in [0, 0.05) is 31.4 Å². The average molecular weight is 327 g/mol. The van der Waals surface area contributed by atoms with E-state index in [1.54, 1.807) is 36.2 Å². The van der Waals surface area contributed by atoms with Crippen LogP contribution in [0.5, 0.6) is 0 Å². The Bertz CT molecular complexity index is 581. The number of benzene rings is 1. The number of rotatable bonds is 8. The summed E-state index contributed by atoms with van der Waals surface area (Å²) in [6.45, 7) is 7.61. The molecule has 1 N–H and O–H groups in total. The molecule has 0 saturated heterocycles. The van der Waals surface area contributed by atoms with Crippen molar-refractivity contribution in [2.75, 3.05) is 44.2 Å². The number of nitrogens with zero attached hydrogens (tertiary/aromatic N) is 2. The van der Waals surface area contributed by atoms with E-state index in [2.05, 4.69) is 23.5 Å². The first-order valence-electron chi connectivity index (χ1n) is 7.32. The second-order valence-electron chi connectivity index (χ2n) is 5.21. The fourth-order valence-corrected chi connectivity index (χ4v) is 2.61. The molecule has 0 saturated carbocycles. The van der Waals surface area contributed by atoms with Crippen LogP contribution in [0.2, 0.25) is 0 Å². The van der Waals surface area contributed by atoms with Crippen LogP contribution in [0.1, 0.15) is 24.2 Å². The van der Waals surface area contributed by atoms with Crippen molar-refractivity contribution in [3.05, 3.63) is 29.8 Å². The van der Waals surface area contributed by atoms with Crippen LogP contribution in [0, 0.1) is 0 Å². The Morgan fingerprint density at radius 3 is 2.09 bits per heavy atom. The molecule has 1 aromatic rings. The smallest absolute Gasteiger partial charge is 0.253 e. The lowest BCUT2D eigenvalue weighted by Gasteiger charge is -2.23. The third-order valence-corrected chi connectivity index (χ3v) is 4.03. The van der Waals surface area contributed by atoms with Gasteiger partial charge < -0.3 is 9.80 Å². The Labute approximate surface area is 133 Å². The Morgan fingerprint density at radius 1 is 1.09 bits per heavy atom. The van der Waals surface area contributed by atoms with Gasteiger partial charge in [-0.2, -0.15) is 0 Å². The fourth-order valence-electron chi connectivity index (χ4n) is 2.05. The molecule has 0 heterocycles. The highest BCUT2D eigenvalue weighted by Crippen LogP contribution is 2.12. The molecule has 22 heavy (non-hydrogen) atoms. The van der Waals surface area contributed by atoms with E-state index in [1.165, 1.54) is 0 Å². The Kier molecular flexibility index (Phi) is 6.83. The standard InChI is InChI=1S/C15H25N3O3S/c1-5-18(6-2)12-11-17(3)15(19)13-7-9-14(10-8-13)16-22(4,20)21/h7-10,16H,5-6,11-12H2,1-4H3. The molecule has 6 nitrogen and oxygen atoms in total. The summed E-state index contributed by atoms with van der Waals surface area (Å²) in [5, 5.41) is 0. The maximum absolute atomic E-state index is 12.3. The molecule has 0 fully saturated rings. The number of sulfonamides is 1. The monoisotopic (exact) mass is 327 g/mol. The minimum absolute atomic E-state index is 0.0712. The van der Waals surface area contributed by atoms with Gasteiger partial charge in [-0.05, 0) is 37.4 Å². The van der Waals surface area contributed by atoms with E-state index in [1.807, 2.05) is 0 Å². The number of nitrogens with one attached hydrogen (secondary N) is 1. The van der Waals surface area contributed by atoms with Crippen molar-refractivity contribution >= 4 is 21.6 Å². The average Bonchev–Trinajstić information content (AvgIpc) is 2.46. The summed E-state index contributed by atoms with van der Waals surface area (Å²) >= 11 is 0. The molecule has 0 aliphatic carbocycles. The van der Waals surface area contributed by atoms with Crippen molar-refractivity contribution in [2.45, 2.75) is 13.8 Å². The first-order chi connectivity index (χ1) is 10.3. The fraction of sp³-hybridized carbons (Fsp3) is 0.533. The van der Waals surface area contributed by atoms with Gasteiger partial charge in [-0.15, -0.1) is 0 Å². The normalized spacial score (nSPS) is 11.5. The first kappa shape index (κ1) is 18.4. The van der Waals surface area contributed by atoms with Crippen LogP contribution in [-0.4, -0.2) is 63.6 Å². The molecule has 0 unspecified atom stereocenters. The number of carbonyl (C=O) groups is 1. The van der Waals surface area contributed by atoms with Gasteiger partial charge in [0.1, 0.15) is 0 Å². The van der Waals surface area contributed by atoms with E-state index in [9.17, 15) is 13.2 Å². The summed E-state index contributed by atoms with van der Waals surface area (Å²) in [6.07, 6.45) is 1.09. The number of amides is 1. The maximum atomic E-state index is 12.3. The van der Waals surface area contributed by atoms with Gasteiger partial charge >= 0.3 is 0 Å². The highest BCUT2D eigenvalue weighted by molar-refractivity contribution is 7.92. The molecule has 0 aliphatic rings. The third-order valence-electron chi connectivity index (χ3n) is 3.43. The summed E-state index contributed by atoms with van der Waals surface area (Å²) in [5.74, 6) is -0.0712. The number of likely N-dealkylation sites (N-methyl/N-ethyl adjacent to an activating group) is 2. The van der Waals surface area contributed by atoms with Crippen LogP contribution in [0.4, 0.5) is 5.69 Å². The van der Waals surface area contributed by atoms with Gasteiger partial charge in [-0.3, -0.25) is 9.52 Å². The Morgan fingerprint density at radius 2 is 1.64 bits per heavy atom. The zero-order valence-electron chi connectivity index (χ0n) is 13.7. The van der Waals surface area contributed by atoms with Crippen molar-refractivity contribution in [3.8, 4) is 0 Å². The third kappa shape index (κ3) is 6.03. The summed E-state index contributed by atoms with van der Waals surface area (Å²) in [4.78, 5) is 16.2. The van der Waals surface area contributed by atoms with Gasteiger partial charge in [0.2, 0.25) is 10.0 Å². The number of hydrogen-bond donors (Lipinski definition) is 1. The van der Waals surface area contributed by atoms with E-state index in [0.717, 1.165) is 25.9 Å². The molecule has 7 heteroatoms. The molecule has 0 aliphatic heterocycles. The molecule has 1 rings (SSSR count). The van der Waals surface area contributed by atoms with Crippen molar-refractivity contribution in [2.24, 2.45) is 0 Å². The first-order valence-corrected chi connectivity index (χ1v) is 9.21. The summed E-state index contributed by atoms with van der Waals surface area (Å²) < 4.78 is 24.7. The number of hydrogen-bond acceptors (Lipinski definition) is 4. The molecule has 1 amide bonds. The van der Waals surface area contributed by atoms with E-state index in [-0.39, 0.29) is 5.91 Å². The van der Waals surface area contributed by atoms with Gasteiger partial charge in [0.25, 0.3) is 5.91 Å². The van der Waals surface area contributed by atoms with Gasteiger partial charge in [-0.1, -0.05) is 13.8 Å². The second kappa shape index (κ2) is 8.14. The van der Waals surface area contributed by atoms with Crippen LogP contribution in [0.3, 0.4) is 0 Å². The topological polar surface area (TPSA) is 69.7 Å². The molecule has 0 bridgehead atoms. The van der Waals surface area contributed by atoms with Crippen molar-refractivity contribution < 1.29 is 13.2 Å². The molecular weight excluding hydrogens is 302 g/mol. The Hall–Kier alpha value is -1.60. The predicted molar refractivity (Wildman–Crippen MR) is 89.7 cm³/mol. The minimum atomic E-state index is -3.30. The summed E-state index contributed by atoms with van der Waals surface area (Å²) in [5.41, 5.74) is 0.992. The highest BCUT2D eigenvalue weighted by atomic mass is 32.2.